The highest BCUT2D eigenvalue weighted by atomic mass is 35.5. The van der Waals surface area contributed by atoms with E-state index in [0.29, 0.717) is 10.7 Å². The predicted octanol–water partition coefficient (Wildman–Crippen LogP) is 1.99. The van der Waals surface area contributed by atoms with E-state index in [2.05, 4.69) is 15.0 Å². The van der Waals surface area contributed by atoms with E-state index in [-0.39, 0.29) is 27.1 Å². The van der Waals surface area contributed by atoms with Gasteiger partial charge in [-0.15, -0.1) is 16.4 Å². The van der Waals surface area contributed by atoms with Gasteiger partial charge in [0.15, 0.2) is 22.1 Å². The minimum Gasteiger partial charge on any atom is -0.505 e. The van der Waals surface area contributed by atoms with Gasteiger partial charge in [-0.25, -0.2) is 9.48 Å². The maximum absolute atomic E-state index is 11.5. The fourth-order valence-corrected chi connectivity index (χ4v) is 2.96. The number of esters is 1. The van der Waals surface area contributed by atoms with Crippen LogP contribution in [0.15, 0.2) is 0 Å². The van der Waals surface area contributed by atoms with Crippen LogP contribution in [0.25, 0.3) is 5.00 Å². The first-order valence-corrected chi connectivity index (χ1v) is 6.61. The van der Waals surface area contributed by atoms with Crippen LogP contribution in [0.4, 0.5) is 0 Å². The van der Waals surface area contributed by atoms with E-state index in [0.717, 1.165) is 11.3 Å². The van der Waals surface area contributed by atoms with E-state index >= 15 is 0 Å². The summed E-state index contributed by atoms with van der Waals surface area (Å²) in [4.78, 5) is 22.8. The lowest BCUT2D eigenvalue weighted by atomic mass is 10.2. The third-order valence-electron chi connectivity index (χ3n) is 2.60. The number of aromatic nitrogens is 3. The van der Waals surface area contributed by atoms with Crippen molar-refractivity contribution in [1.82, 2.24) is 15.0 Å². The SMILES string of the molecule is COC(=O)c1sc(-n2nnc(C(C)=O)c2C)c(Cl)c1O. The molecule has 0 fully saturated rings. The number of carbonyl (C=O) groups is 2. The Balaban J connectivity index is 2.60. The molecule has 20 heavy (non-hydrogen) atoms. The normalized spacial score (nSPS) is 10.6. The fourth-order valence-electron chi connectivity index (χ4n) is 1.61. The van der Waals surface area contributed by atoms with Gasteiger partial charge in [0.1, 0.15) is 10.0 Å². The number of hydrogen-bond acceptors (Lipinski definition) is 7. The van der Waals surface area contributed by atoms with Crippen LogP contribution in [0.3, 0.4) is 0 Å². The Kier molecular flexibility index (Phi) is 3.78. The number of Topliss-reactive ketones (excluding diaryl/α,β-unsaturated/α-hetero) is 1. The van der Waals surface area contributed by atoms with Crippen molar-refractivity contribution in [3.05, 3.63) is 21.3 Å². The Hall–Kier alpha value is -1.93. The number of rotatable bonds is 3. The van der Waals surface area contributed by atoms with E-state index < -0.39 is 5.97 Å². The average molecular weight is 316 g/mol. The van der Waals surface area contributed by atoms with Crippen LogP contribution >= 0.6 is 22.9 Å². The number of halogens is 1. The number of aromatic hydroxyl groups is 1. The summed E-state index contributed by atoms with van der Waals surface area (Å²) in [6, 6.07) is 0. The standard InChI is InChI=1S/C11H10ClN3O4S/c1-4-7(5(2)16)13-14-15(4)10-6(12)8(17)9(20-10)11(18)19-3/h17H,1-3H3. The third kappa shape index (κ3) is 2.16. The van der Waals surface area contributed by atoms with Gasteiger partial charge in [-0.1, -0.05) is 16.8 Å². The minimum atomic E-state index is -0.704. The molecule has 0 atom stereocenters. The quantitative estimate of drug-likeness (QED) is 0.687. The summed E-state index contributed by atoms with van der Waals surface area (Å²) in [6.45, 7) is 3.01. The van der Waals surface area contributed by atoms with Gasteiger partial charge in [-0.3, -0.25) is 4.79 Å². The van der Waals surface area contributed by atoms with E-state index in [1.54, 1.807) is 6.92 Å². The second-order valence-corrected chi connectivity index (χ2v) is 5.26. The monoisotopic (exact) mass is 315 g/mol. The highest BCUT2D eigenvalue weighted by Crippen LogP contribution is 2.41. The first kappa shape index (κ1) is 14.5. The molecule has 0 saturated heterocycles. The van der Waals surface area contributed by atoms with E-state index in [1.807, 2.05) is 0 Å². The van der Waals surface area contributed by atoms with Gasteiger partial charge in [0.05, 0.1) is 12.8 Å². The molecular weight excluding hydrogens is 306 g/mol. The van der Waals surface area contributed by atoms with Gasteiger partial charge in [-0.05, 0) is 6.92 Å². The van der Waals surface area contributed by atoms with Crippen LogP contribution in [0.2, 0.25) is 5.02 Å². The molecule has 0 bridgehead atoms. The molecule has 0 amide bonds. The van der Waals surface area contributed by atoms with Crippen molar-refractivity contribution in [3.63, 3.8) is 0 Å². The number of ether oxygens (including phenoxy) is 1. The molecule has 0 aliphatic carbocycles. The summed E-state index contributed by atoms with van der Waals surface area (Å²) in [5.41, 5.74) is 0.672. The Morgan fingerprint density at radius 3 is 2.60 bits per heavy atom. The van der Waals surface area contributed by atoms with Crippen LogP contribution in [0.5, 0.6) is 5.75 Å². The summed E-state index contributed by atoms with van der Waals surface area (Å²) < 4.78 is 5.85. The van der Waals surface area contributed by atoms with Gasteiger partial charge < -0.3 is 9.84 Å². The van der Waals surface area contributed by atoms with Crippen LogP contribution in [-0.4, -0.2) is 39.0 Å². The van der Waals surface area contributed by atoms with E-state index in [1.165, 1.54) is 18.7 Å². The molecule has 0 aliphatic heterocycles. The molecule has 9 heteroatoms. The second kappa shape index (κ2) is 5.22. The zero-order chi connectivity index (χ0) is 15.0. The molecule has 2 heterocycles. The van der Waals surface area contributed by atoms with Crippen molar-refractivity contribution in [2.75, 3.05) is 7.11 Å². The molecule has 2 aromatic rings. The van der Waals surface area contributed by atoms with Crippen molar-refractivity contribution >= 4 is 34.7 Å². The summed E-state index contributed by atoms with van der Waals surface area (Å²) in [7, 11) is 1.20. The molecule has 7 nitrogen and oxygen atoms in total. The largest absolute Gasteiger partial charge is 0.505 e. The number of nitrogens with zero attached hydrogens (tertiary/aromatic N) is 3. The van der Waals surface area contributed by atoms with Crippen molar-refractivity contribution < 1.29 is 19.4 Å². The van der Waals surface area contributed by atoms with Gasteiger partial charge in [0.25, 0.3) is 0 Å². The molecule has 0 aliphatic rings. The van der Waals surface area contributed by atoms with Crippen LogP contribution in [0, 0.1) is 6.92 Å². The lowest BCUT2D eigenvalue weighted by molar-refractivity contribution is 0.0603. The predicted molar refractivity (Wildman–Crippen MR) is 72.0 cm³/mol. The number of methoxy groups -OCH3 is 1. The highest BCUT2D eigenvalue weighted by Gasteiger charge is 2.25. The maximum Gasteiger partial charge on any atom is 0.352 e. The first-order chi connectivity index (χ1) is 9.38. The average Bonchev–Trinajstić information content (AvgIpc) is 2.91. The summed E-state index contributed by atoms with van der Waals surface area (Å²) >= 11 is 6.89. The molecule has 0 unspecified atom stereocenters. The third-order valence-corrected chi connectivity index (χ3v) is 4.21. The van der Waals surface area contributed by atoms with Gasteiger partial charge in [-0.2, -0.15) is 0 Å². The van der Waals surface area contributed by atoms with Crippen molar-refractivity contribution in [3.8, 4) is 10.8 Å². The smallest absolute Gasteiger partial charge is 0.352 e. The van der Waals surface area contributed by atoms with Gasteiger partial charge in [0, 0.05) is 6.92 Å². The molecule has 2 rings (SSSR count). The van der Waals surface area contributed by atoms with Crippen molar-refractivity contribution in [1.29, 1.82) is 0 Å². The van der Waals surface area contributed by atoms with Crippen LogP contribution in [0.1, 0.15) is 32.8 Å². The molecular formula is C11H10ClN3O4S. The zero-order valence-electron chi connectivity index (χ0n) is 10.8. The first-order valence-electron chi connectivity index (χ1n) is 5.41. The molecule has 0 spiro atoms. The van der Waals surface area contributed by atoms with Crippen molar-refractivity contribution in [2.45, 2.75) is 13.8 Å². The second-order valence-electron chi connectivity index (χ2n) is 3.88. The number of ketones is 1. The van der Waals surface area contributed by atoms with Crippen molar-refractivity contribution in [2.24, 2.45) is 0 Å². The lowest BCUT2D eigenvalue weighted by Crippen LogP contribution is -2.00. The molecule has 106 valence electrons. The maximum atomic E-state index is 11.5. The number of carbonyl (C=O) groups excluding carboxylic acids is 2. The Morgan fingerprint density at radius 1 is 1.45 bits per heavy atom. The molecule has 2 aromatic heterocycles. The lowest BCUT2D eigenvalue weighted by Gasteiger charge is -1.99. The summed E-state index contributed by atoms with van der Waals surface area (Å²) in [5.74, 6) is -1.32. The number of hydrogen-bond donors (Lipinski definition) is 1. The highest BCUT2D eigenvalue weighted by molar-refractivity contribution is 7.17. The summed E-state index contributed by atoms with van der Waals surface area (Å²) in [5, 5.41) is 17.7. The van der Waals surface area contributed by atoms with Gasteiger partial charge >= 0.3 is 5.97 Å². The Morgan fingerprint density at radius 2 is 2.10 bits per heavy atom. The molecule has 0 aromatic carbocycles. The summed E-state index contributed by atoms with van der Waals surface area (Å²) in [6.07, 6.45) is 0. The fraction of sp³-hybridized carbons (Fsp3) is 0.273. The molecule has 1 N–H and O–H groups in total. The Labute approximate surface area is 122 Å². The number of thiophene rings is 1. The molecule has 0 radical (unpaired) electrons. The van der Waals surface area contributed by atoms with E-state index in [4.69, 9.17) is 11.6 Å². The molecule has 0 saturated carbocycles. The van der Waals surface area contributed by atoms with Gasteiger partial charge in [0.2, 0.25) is 0 Å². The van der Waals surface area contributed by atoms with Crippen LogP contribution < -0.4 is 0 Å². The Bertz CT molecular complexity index is 707. The zero-order valence-corrected chi connectivity index (χ0v) is 12.4. The topological polar surface area (TPSA) is 94.3 Å². The van der Waals surface area contributed by atoms with Crippen LogP contribution in [-0.2, 0) is 4.74 Å². The minimum absolute atomic E-state index is 0.0354. The van der Waals surface area contributed by atoms with E-state index in [9.17, 15) is 14.7 Å².